The van der Waals surface area contributed by atoms with E-state index in [-0.39, 0.29) is 5.41 Å². The van der Waals surface area contributed by atoms with Crippen LogP contribution in [0.25, 0.3) is 0 Å². The highest BCUT2D eigenvalue weighted by molar-refractivity contribution is 5.58. The van der Waals surface area contributed by atoms with Crippen molar-refractivity contribution in [1.29, 1.82) is 0 Å². The minimum atomic E-state index is 0.0769. The third-order valence-electron chi connectivity index (χ3n) is 3.43. The first kappa shape index (κ1) is 14.4. The summed E-state index contributed by atoms with van der Waals surface area (Å²) in [5.74, 6) is 0.297. The van der Waals surface area contributed by atoms with Gasteiger partial charge in [0.2, 0.25) is 0 Å². The van der Waals surface area contributed by atoms with Crippen molar-refractivity contribution < 1.29 is 5.11 Å². The van der Waals surface area contributed by atoms with Crippen LogP contribution in [0.1, 0.15) is 37.5 Å². The summed E-state index contributed by atoms with van der Waals surface area (Å²) < 4.78 is 0. The number of aryl methyl sites for hydroxylation is 1. The van der Waals surface area contributed by atoms with Crippen LogP contribution in [0, 0.1) is 6.92 Å². The predicted molar refractivity (Wildman–Crippen MR) is 85.3 cm³/mol. The molecule has 0 aliphatic rings. The molecule has 2 aromatic rings. The molecule has 2 rings (SSSR count). The van der Waals surface area contributed by atoms with Crippen molar-refractivity contribution in [3.63, 3.8) is 0 Å². The van der Waals surface area contributed by atoms with Gasteiger partial charge in [0, 0.05) is 6.54 Å². The Bertz CT molecular complexity index is 597. The number of phenolic OH excluding ortho intramolecular Hbond substituents is 1. The predicted octanol–water partition coefficient (Wildman–Crippen LogP) is 4.61. The summed E-state index contributed by atoms with van der Waals surface area (Å²) in [7, 11) is 0. The van der Waals surface area contributed by atoms with Crippen molar-refractivity contribution in [2.24, 2.45) is 0 Å². The van der Waals surface area contributed by atoms with Crippen LogP contribution in [0.5, 0.6) is 5.75 Å². The molecule has 106 valence electrons. The number of hydrogen-bond acceptors (Lipinski definition) is 2. The Morgan fingerprint density at radius 1 is 1.05 bits per heavy atom. The fraction of sp³-hybridized carbons (Fsp3) is 0.333. The molecule has 0 atom stereocenters. The molecule has 0 aliphatic heterocycles. The zero-order chi connectivity index (χ0) is 14.8. The first-order valence-electron chi connectivity index (χ1n) is 6.99. The van der Waals surface area contributed by atoms with Gasteiger partial charge in [-0.1, -0.05) is 56.7 Å². The van der Waals surface area contributed by atoms with E-state index in [9.17, 15) is 5.11 Å². The largest absolute Gasteiger partial charge is 0.506 e. The molecule has 0 aliphatic carbocycles. The van der Waals surface area contributed by atoms with E-state index >= 15 is 0 Å². The molecule has 2 heteroatoms. The third kappa shape index (κ3) is 3.53. The summed E-state index contributed by atoms with van der Waals surface area (Å²) >= 11 is 0. The van der Waals surface area contributed by atoms with Crippen LogP contribution in [-0.4, -0.2) is 5.11 Å². The lowest BCUT2D eigenvalue weighted by Crippen LogP contribution is -2.11. The van der Waals surface area contributed by atoms with Crippen molar-refractivity contribution in [3.8, 4) is 5.75 Å². The Hall–Kier alpha value is -1.96. The van der Waals surface area contributed by atoms with Crippen LogP contribution in [0.4, 0.5) is 5.69 Å². The van der Waals surface area contributed by atoms with Crippen LogP contribution >= 0.6 is 0 Å². The van der Waals surface area contributed by atoms with E-state index in [1.165, 1.54) is 16.7 Å². The number of aromatic hydroxyl groups is 1. The van der Waals surface area contributed by atoms with E-state index in [1.807, 2.05) is 12.1 Å². The van der Waals surface area contributed by atoms with Crippen LogP contribution in [0.2, 0.25) is 0 Å². The Kier molecular flexibility index (Phi) is 4.03. The minimum Gasteiger partial charge on any atom is -0.506 e. The number of nitrogens with one attached hydrogen (secondary N) is 1. The number of rotatable bonds is 3. The molecule has 2 N–H and O–H groups in total. The first-order chi connectivity index (χ1) is 9.36. The van der Waals surface area contributed by atoms with E-state index in [0.717, 1.165) is 5.69 Å². The van der Waals surface area contributed by atoms with Gasteiger partial charge in [0.1, 0.15) is 5.75 Å². The van der Waals surface area contributed by atoms with Gasteiger partial charge in [-0.2, -0.15) is 0 Å². The van der Waals surface area contributed by atoms with Crippen molar-refractivity contribution in [2.45, 2.75) is 39.7 Å². The topological polar surface area (TPSA) is 32.3 Å². The zero-order valence-electron chi connectivity index (χ0n) is 12.7. The maximum absolute atomic E-state index is 9.97. The van der Waals surface area contributed by atoms with Gasteiger partial charge in [-0.3, -0.25) is 0 Å². The maximum atomic E-state index is 9.97. The average molecular weight is 269 g/mol. The van der Waals surface area contributed by atoms with Gasteiger partial charge in [-0.05, 0) is 35.6 Å². The fourth-order valence-corrected chi connectivity index (χ4v) is 2.16. The lowest BCUT2D eigenvalue weighted by Gasteiger charge is -2.20. The van der Waals surface area contributed by atoms with Gasteiger partial charge in [0.25, 0.3) is 0 Å². The zero-order valence-corrected chi connectivity index (χ0v) is 12.7. The molecule has 0 heterocycles. The van der Waals surface area contributed by atoms with Crippen LogP contribution in [0.15, 0.2) is 42.5 Å². The first-order valence-corrected chi connectivity index (χ1v) is 6.99. The second-order valence-corrected chi connectivity index (χ2v) is 6.32. The highest BCUT2D eigenvalue weighted by Gasteiger charge is 2.15. The van der Waals surface area contributed by atoms with E-state index in [1.54, 1.807) is 6.07 Å². The molecular weight excluding hydrogens is 246 g/mol. The van der Waals surface area contributed by atoms with Crippen molar-refractivity contribution in [3.05, 3.63) is 59.2 Å². The lowest BCUT2D eigenvalue weighted by molar-refractivity contribution is 0.476. The summed E-state index contributed by atoms with van der Waals surface area (Å²) in [6, 6.07) is 14.2. The molecule has 0 saturated carbocycles. The molecule has 0 fully saturated rings. The quantitative estimate of drug-likeness (QED) is 0.797. The Balaban J connectivity index is 2.17. The molecule has 0 unspecified atom stereocenters. The number of anilines is 1. The molecule has 0 spiro atoms. The summed E-state index contributed by atoms with van der Waals surface area (Å²) in [5.41, 5.74) is 4.54. The molecule has 0 radical (unpaired) electrons. The molecule has 0 saturated heterocycles. The van der Waals surface area contributed by atoms with Crippen molar-refractivity contribution >= 4 is 5.69 Å². The smallest absolute Gasteiger partial charge is 0.138 e. The van der Waals surface area contributed by atoms with Crippen molar-refractivity contribution in [1.82, 2.24) is 0 Å². The highest BCUT2D eigenvalue weighted by atomic mass is 16.3. The van der Waals surface area contributed by atoms with Gasteiger partial charge >= 0.3 is 0 Å². The van der Waals surface area contributed by atoms with E-state index in [4.69, 9.17) is 0 Å². The minimum absolute atomic E-state index is 0.0769. The van der Waals surface area contributed by atoms with Gasteiger partial charge in [0.05, 0.1) is 5.69 Å². The van der Waals surface area contributed by atoms with Gasteiger partial charge in [-0.25, -0.2) is 0 Å². The number of phenols is 1. The summed E-state index contributed by atoms with van der Waals surface area (Å²) in [6.07, 6.45) is 0. The number of benzene rings is 2. The fourth-order valence-electron chi connectivity index (χ4n) is 2.16. The lowest BCUT2D eigenvalue weighted by atomic mass is 9.87. The molecule has 2 aromatic carbocycles. The molecule has 20 heavy (non-hydrogen) atoms. The Morgan fingerprint density at radius 2 is 1.80 bits per heavy atom. The molecule has 2 nitrogen and oxygen atoms in total. The Labute approximate surface area is 121 Å². The van der Waals surface area contributed by atoms with Crippen LogP contribution < -0.4 is 5.32 Å². The van der Waals surface area contributed by atoms with Crippen LogP contribution in [0.3, 0.4) is 0 Å². The van der Waals surface area contributed by atoms with Crippen LogP contribution in [-0.2, 0) is 12.0 Å². The highest BCUT2D eigenvalue weighted by Crippen LogP contribution is 2.30. The second kappa shape index (κ2) is 5.58. The molecule has 0 amide bonds. The molecular formula is C18H23NO. The van der Waals surface area contributed by atoms with Gasteiger partial charge in [0.15, 0.2) is 0 Å². The summed E-state index contributed by atoms with van der Waals surface area (Å²) in [4.78, 5) is 0. The Morgan fingerprint density at radius 3 is 2.45 bits per heavy atom. The summed E-state index contributed by atoms with van der Waals surface area (Å²) in [5, 5.41) is 13.3. The molecule has 0 aromatic heterocycles. The average Bonchev–Trinajstić information content (AvgIpc) is 2.36. The summed E-state index contributed by atoms with van der Waals surface area (Å²) in [6.45, 7) is 9.31. The van der Waals surface area contributed by atoms with Gasteiger partial charge < -0.3 is 10.4 Å². The maximum Gasteiger partial charge on any atom is 0.138 e. The normalized spacial score (nSPS) is 11.4. The van der Waals surface area contributed by atoms with E-state index in [2.05, 4.69) is 57.3 Å². The second-order valence-electron chi connectivity index (χ2n) is 6.32. The van der Waals surface area contributed by atoms with E-state index in [0.29, 0.717) is 12.3 Å². The monoisotopic (exact) mass is 269 g/mol. The third-order valence-corrected chi connectivity index (χ3v) is 3.43. The SMILES string of the molecule is Cc1cccc(CNc2cc(C(C)(C)C)ccc2O)c1. The number of hydrogen-bond donors (Lipinski definition) is 2. The van der Waals surface area contributed by atoms with E-state index < -0.39 is 0 Å². The van der Waals surface area contributed by atoms with Gasteiger partial charge in [-0.15, -0.1) is 0 Å². The standard InChI is InChI=1S/C18H23NO/c1-13-6-5-7-14(10-13)12-19-16-11-15(18(2,3)4)8-9-17(16)20/h5-11,19-20H,12H2,1-4H3. The van der Waals surface area contributed by atoms with Crippen molar-refractivity contribution in [2.75, 3.05) is 5.32 Å². The molecule has 0 bridgehead atoms.